The van der Waals surface area contributed by atoms with Gasteiger partial charge in [0.25, 0.3) is 5.89 Å². The molecule has 102 valence electrons. The van der Waals surface area contributed by atoms with Crippen molar-refractivity contribution < 1.29 is 8.91 Å². The Bertz CT molecular complexity index is 559. The third kappa shape index (κ3) is 3.47. The number of nitrogens with zero attached hydrogens (tertiary/aromatic N) is 2. The summed E-state index contributed by atoms with van der Waals surface area (Å²) in [6.07, 6.45) is 1.10. The van der Waals surface area contributed by atoms with Crippen LogP contribution in [0.25, 0.3) is 11.5 Å². The van der Waals surface area contributed by atoms with Crippen LogP contribution >= 0.6 is 11.8 Å². The average Bonchev–Trinajstić information content (AvgIpc) is 2.88. The maximum absolute atomic E-state index is 13.1. The molecule has 4 nitrogen and oxygen atoms in total. The van der Waals surface area contributed by atoms with Crippen LogP contribution in [-0.4, -0.2) is 15.4 Å². The fourth-order valence-electron chi connectivity index (χ4n) is 1.44. The van der Waals surface area contributed by atoms with Crippen molar-refractivity contribution in [2.45, 2.75) is 31.3 Å². The van der Waals surface area contributed by atoms with Crippen molar-refractivity contribution in [3.8, 4) is 11.5 Å². The summed E-state index contributed by atoms with van der Waals surface area (Å²) in [6, 6.07) is 4.36. The van der Waals surface area contributed by atoms with Crippen LogP contribution in [0.4, 0.5) is 10.1 Å². The zero-order valence-electron chi connectivity index (χ0n) is 10.9. The van der Waals surface area contributed by atoms with Gasteiger partial charge in [0.15, 0.2) is 5.82 Å². The van der Waals surface area contributed by atoms with Crippen molar-refractivity contribution in [1.82, 2.24) is 10.1 Å². The number of thioether (sulfide) groups is 1. The van der Waals surface area contributed by atoms with Crippen molar-refractivity contribution in [2.75, 3.05) is 5.73 Å². The molecule has 0 amide bonds. The normalized spacial score (nSPS) is 12.6. The Morgan fingerprint density at radius 1 is 1.47 bits per heavy atom. The van der Waals surface area contributed by atoms with Crippen molar-refractivity contribution in [2.24, 2.45) is 0 Å². The predicted molar refractivity (Wildman–Crippen MR) is 75.2 cm³/mol. The van der Waals surface area contributed by atoms with E-state index in [0.717, 1.165) is 6.42 Å². The van der Waals surface area contributed by atoms with Gasteiger partial charge in [0, 0.05) is 10.8 Å². The van der Waals surface area contributed by atoms with E-state index in [1.54, 1.807) is 17.8 Å². The molecule has 6 heteroatoms. The van der Waals surface area contributed by atoms with Crippen LogP contribution < -0.4 is 5.73 Å². The van der Waals surface area contributed by atoms with Crippen LogP contribution in [0.15, 0.2) is 22.7 Å². The van der Waals surface area contributed by atoms with E-state index in [9.17, 15) is 4.39 Å². The zero-order valence-corrected chi connectivity index (χ0v) is 11.7. The van der Waals surface area contributed by atoms with E-state index in [-0.39, 0.29) is 5.69 Å². The molecule has 0 spiro atoms. The first-order valence-electron chi connectivity index (χ1n) is 6.09. The quantitative estimate of drug-likeness (QED) is 0.850. The Morgan fingerprint density at radius 2 is 2.26 bits per heavy atom. The summed E-state index contributed by atoms with van der Waals surface area (Å²) in [6.45, 7) is 4.30. The minimum atomic E-state index is -0.448. The zero-order chi connectivity index (χ0) is 13.8. The minimum Gasteiger partial charge on any atom is -0.396 e. The number of hydrogen-bond donors (Lipinski definition) is 1. The number of hydrogen-bond acceptors (Lipinski definition) is 5. The van der Waals surface area contributed by atoms with Gasteiger partial charge in [-0.25, -0.2) is 4.39 Å². The van der Waals surface area contributed by atoms with Gasteiger partial charge < -0.3 is 10.3 Å². The molecule has 1 heterocycles. The first-order valence-corrected chi connectivity index (χ1v) is 7.14. The van der Waals surface area contributed by atoms with Gasteiger partial charge >= 0.3 is 0 Å². The van der Waals surface area contributed by atoms with E-state index in [2.05, 4.69) is 24.0 Å². The number of aromatic nitrogens is 2. The lowest BCUT2D eigenvalue weighted by Gasteiger charge is -2.04. The fraction of sp³-hybridized carbons (Fsp3) is 0.385. The van der Waals surface area contributed by atoms with Crippen LogP contribution in [0, 0.1) is 5.82 Å². The second-order valence-electron chi connectivity index (χ2n) is 4.28. The molecule has 0 saturated heterocycles. The Hall–Kier alpha value is -1.56. The Balaban J connectivity index is 2.09. The second-order valence-corrected chi connectivity index (χ2v) is 5.71. The monoisotopic (exact) mass is 281 g/mol. The van der Waals surface area contributed by atoms with Gasteiger partial charge in [-0.15, -0.1) is 0 Å². The standard InChI is InChI=1S/C13H16FN3OS/c1-3-8(2)19-7-12-16-13(18-17-12)9-4-5-10(14)11(15)6-9/h4-6,8H,3,7,15H2,1-2H3. The molecule has 2 N–H and O–H groups in total. The molecular formula is C13H16FN3OS. The summed E-state index contributed by atoms with van der Waals surface area (Å²) in [5.41, 5.74) is 6.22. The number of benzene rings is 1. The molecule has 0 aliphatic heterocycles. The lowest BCUT2D eigenvalue weighted by Crippen LogP contribution is -1.95. The van der Waals surface area contributed by atoms with Gasteiger partial charge in [0.05, 0.1) is 11.4 Å². The van der Waals surface area contributed by atoms with Gasteiger partial charge in [-0.05, 0) is 24.6 Å². The molecule has 0 fully saturated rings. The molecule has 0 radical (unpaired) electrons. The van der Waals surface area contributed by atoms with E-state index in [4.69, 9.17) is 10.3 Å². The lowest BCUT2D eigenvalue weighted by molar-refractivity contribution is 0.425. The molecule has 19 heavy (non-hydrogen) atoms. The topological polar surface area (TPSA) is 64.9 Å². The third-order valence-corrected chi connectivity index (χ3v) is 4.11. The Labute approximate surface area is 115 Å². The van der Waals surface area contributed by atoms with Gasteiger partial charge in [-0.2, -0.15) is 16.7 Å². The first kappa shape index (κ1) is 13.9. The lowest BCUT2D eigenvalue weighted by atomic mass is 10.2. The Kier molecular flexibility index (Phi) is 4.42. The molecule has 2 aromatic rings. The number of rotatable bonds is 5. The minimum absolute atomic E-state index is 0.0752. The molecule has 0 aliphatic carbocycles. The van der Waals surface area contributed by atoms with Gasteiger partial charge in [-0.3, -0.25) is 0 Å². The summed E-state index contributed by atoms with van der Waals surface area (Å²) in [7, 11) is 0. The molecule has 1 aromatic carbocycles. The van der Waals surface area contributed by atoms with Crippen LogP contribution in [0.3, 0.4) is 0 Å². The summed E-state index contributed by atoms with van der Waals surface area (Å²) in [4.78, 5) is 4.28. The molecule has 0 aliphatic rings. The summed E-state index contributed by atoms with van der Waals surface area (Å²) in [5, 5.41) is 4.47. The SMILES string of the molecule is CCC(C)SCc1noc(-c2ccc(F)c(N)c2)n1. The molecule has 0 bridgehead atoms. The van der Waals surface area contributed by atoms with Crippen molar-refractivity contribution in [1.29, 1.82) is 0 Å². The highest BCUT2D eigenvalue weighted by molar-refractivity contribution is 7.99. The van der Waals surface area contributed by atoms with Crippen LogP contribution in [-0.2, 0) is 5.75 Å². The van der Waals surface area contributed by atoms with Crippen LogP contribution in [0.5, 0.6) is 0 Å². The summed E-state index contributed by atoms with van der Waals surface area (Å²) < 4.78 is 18.2. The highest BCUT2D eigenvalue weighted by Gasteiger charge is 2.11. The van der Waals surface area contributed by atoms with E-state index in [1.165, 1.54) is 12.1 Å². The van der Waals surface area contributed by atoms with Crippen LogP contribution in [0.1, 0.15) is 26.1 Å². The number of nitrogen functional groups attached to an aromatic ring is 1. The highest BCUT2D eigenvalue weighted by atomic mass is 32.2. The second kappa shape index (κ2) is 6.06. The molecule has 2 rings (SSSR count). The number of anilines is 1. The molecule has 1 atom stereocenters. The van der Waals surface area contributed by atoms with Gasteiger partial charge in [0.2, 0.25) is 0 Å². The molecular weight excluding hydrogens is 265 g/mol. The molecule has 1 unspecified atom stereocenters. The maximum atomic E-state index is 13.1. The highest BCUT2D eigenvalue weighted by Crippen LogP contribution is 2.23. The van der Waals surface area contributed by atoms with E-state index >= 15 is 0 Å². The maximum Gasteiger partial charge on any atom is 0.258 e. The number of halogens is 1. The van der Waals surface area contributed by atoms with E-state index in [0.29, 0.717) is 28.3 Å². The van der Waals surface area contributed by atoms with Crippen molar-refractivity contribution in [3.63, 3.8) is 0 Å². The van der Waals surface area contributed by atoms with Gasteiger partial charge in [0.1, 0.15) is 5.82 Å². The number of nitrogens with two attached hydrogens (primary N) is 1. The fourth-order valence-corrected chi connectivity index (χ4v) is 2.23. The largest absolute Gasteiger partial charge is 0.396 e. The van der Waals surface area contributed by atoms with Crippen molar-refractivity contribution in [3.05, 3.63) is 29.8 Å². The van der Waals surface area contributed by atoms with Gasteiger partial charge in [-0.1, -0.05) is 19.0 Å². The van der Waals surface area contributed by atoms with E-state index < -0.39 is 5.82 Å². The summed E-state index contributed by atoms with van der Waals surface area (Å²) >= 11 is 1.77. The molecule has 0 saturated carbocycles. The third-order valence-electron chi connectivity index (χ3n) is 2.78. The molecule has 1 aromatic heterocycles. The Morgan fingerprint density at radius 3 is 2.95 bits per heavy atom. The summed E-state index contributed by atoms with van der Waals surface area (Å²) in [5.74, 6) is 1.26. The average molecular weight is 281 g/mol. The van der Waals surface area contributed by atoms with E-state index in [1.807, 2.05) is 0 Å². The predicted octanol–water partition coefficient (Wildman–Crippen LogP) is 3.49. The van der Waals surface area contributed by atoms with Crippen LogP contribution in [0.2, 0.25) is 0 Å². The van der Waals surface area contributed by atoms with Crippen molar-refractivity contribution >= 4 is 17.4 Å². The first-order chi connectivity index (χ1) is 9.10. The smallest absolute Gasteiger partial charge is 0.258 e.